The minimum absolute atomic E-state index is 0.412. The highest BCUT2D eigenvalue weighted by molar-refractivity contribution is 6.31. The summed E-state index contributed by atoms with van der Waals surface area (Å²) in [5.74, 6) is 0.412. The third kappa shape index (κ3) is 2.55. The van der Waals surface area contributed by atoms with Crippen LogP contribution in [0.4, 0.5) is 0 Å². The molecule has 0 N–H and O–H groups in total. The van der Waals surface area contributed by atoms with Gasteiger partial charge in [0, 0.05) is 5.56 Å². The summed E-state index contributed by atoms with van der Waals surface area (Å²) < 4.78 is 1.83. The van der Waals surface area contributed by atoms with E-state index >= 15 is 0 Å². The van der Waals surface area contributed by atoms with Crippen LogP contribution in [-0.4, -0.2) is 9.78 Å². The summed E-state index contributed by atoms with van der Waals surface area (Å²) in [6.07, 6.45) is 0.850. The van der Waals surface area contributed by atoms with Gasteiger partial charge >= 0.3 is 0 Å². The Kier molecular flexibility index (Phi) is 4.31. The van der Waals surface area contributed by atoms with Crippen molar-refractivity contribution in [2.24, 2.45) is 0 Å². The molecule has 0 saturated heterocycles. The highest BCUT2D eigenvalue weighted by Crippen LogP contribution is 2.24. The SMILES string of the molecule is CCc1nn(Cc2ccccc2C)c(Cl)c1CCl. The van der Waals surface area contributed by atoms with Crippen molar-refractivity contribution in [3.63, 3.8) is 0 Å². The van der Waals surface area contributed by atoms with Crippen LogP contribution in [0.2, 0.25) is 5.15 Å². The number of rotatable bonds is 4. The fraction of sp³-hybridized carbons (Fsp3) is 0.357. The fourth-order valence-corrected chi connectivity index (χ4v) is 2.62. The summed E-state index contributed by atoms with van der Waals surface area (Å²) in [6.45, 7) is 4.85. The largest absolute Gasteiger partial charge is 0.249 e. The molecule has 1 aromatic heterocycles. The minimum Gasteiger partial charge on any atom is -0.249 e. The molecule has 4 heteroatoms. The first-order chi connectivity index (χ1) is 8.67. The molecule has 0 atom stereocenters. The quantitative estimate of drug-likeness (QED) is 0.769. The lowest BCUT2D eigenvalue weighted by Gasteiger charge is -2.06. The zero-order chi connectivity index (χ0) is 13.1. The minimum atomic E-state index is 0.412. The third-order valence-electron chi connectivity index (χ3n) is 3.12. The lowest BCUT2D eigenvalue weighted by molar-refractivity contribution is 0.672. The normalized spacial score (nSPS) is 10.9. The molecule has 0 radical (unpaired) electrons. The van der Waals surface area contributed by atoms with Gasteiger partial charge in [0.15, 0.2) is 0 Å². The first-order valence-electron chi connectivity index (χ1n) is 6.01. The van der Waals surface area contributed by atoms with E-state index in [9.17, 15) is 0 Å². The zero-order valence-electron chi connectivity index (χ0n) is 10.6. The Morgan fingerprint density at radius 3 is 2.56 bits per heavy atom. The van der Waals surface area contributed by atoms with Gasteiger partial charge in [-0.05, 0) is 24.5 Å². The Hall–Kier alpha value is -0.990. The van der Waals surface area contributed by atoms with Crippen LogP contribution in [0.5, 0.6) is 0 Å². The Morgan fingerprint density at radius 1 is 1.28 bits per heavy atom. The van der Waals surface area contributed by atoms with Crippen molar-refractivity contribution in [3.8, 4) is 0 Å². The third-order valence-corrected chi connectivity index (χ3v) is 3.81. The average Bonchev–Trinajstić information content (AvgIpc) is 2.68. The Labute approximate surface area is 118 Å². The van der Waals surface area contributed by atoms with E-state index in [2.05, 4.69) is 31.1 Å². The summed E-state index contributed by atoms with van der Waals surface area (Å²) in [5, 5.41) is 5.19. The molecule has 18 heavy (non-hydrogen) atoms. The van der Waals surface area contributed by atoms with E-state index in [0.29, 0.717) is 17.6 Å². The second kappa shape index (κ2) is 5.77. The highest BCUT2D eigenvalue weighted by Gasteiger charge is 2.14. The van der Waals surface area contributed by atoms with Crippen LogP contribution < -0.4 is 0 Å². The van der Waals surface area contributed by atoms with Gasteiger partial charge in [0.05, 0.1) is 18.1 Å². The molecule has 0 spiro atoms. The molecule has 96 valence electrons. The molecule has 0 amide bonds. The van der Waals surface area contributed by atoms with Gasteiger partial charge in [-0.2, -0.15) is 5.10 Å². The van der Waals surface area contributed by atoms with Crippen LogP contribution in [0.1, 0.15) is 29.3 Å². The molecule has 2 aromatic rings. The fourth-order valence-electron chi connectivity index (χ4n) is 1.99. The van der Waals surface area contributed by atoms with Crippen LogP contribution in [-0.2, 0) is 18.8 Å². The summed E-state index contributed by atoms with van der Waals surface area (Å²) in [4.78, 5) is 0. The number of aromatic nitrogens is 2. The molecule has 0 unspecified atom stereocenters. The Balaban J connectivity index is 2.35. The number of hydrogen-bond acceptors (Lipinski definition) is 1. The first-order valence-corrected chi connectivity index (χ1v) is 6.93. The molecule has 1 aromatic carbocycles. The topological polar surface area (TPSA) is 17.8 Å². The Bertz CT molecular complexity index is 547. The van der Waals surface area contributed by atoms with Crippen molar-refractivity contribution in [1.29, 1.82) is 0 Å². The van der Waals surface area contributed by atoms with Crippen LogP contribution in [0.25, 0.3) is 0 Å². The second-order valence-corrected chi connectivity index (χ2v) is 4.91. The van der Waals surface area contributed by atoms with Gasteiger partial charge in [0.25, 0.3) is 0 Å². The molecule has 0 aliphatic carbocycles. The molecule has 1 heterocycles. The molecular formula is C14H16Cl2N2. The maximum Gasteiger partial charge on any atom is 0.132 e. The van der Waals surface area contributed by atoms with Crippen LogP contribution >= 0.6 is 23.2 Å². The van der Waals surface area contributed by atoms with Crippen molar-refractivity contribution in [2.75, 3.05) is 0 Å². The number of benzene rings is 1. The maximum atomic E-state index is 6.33. The summed E-state index contributed by atoms with van der Waals surface area (Å²) in [5.41, 5.74) is 4.42. The van der Waals surface area contributed by atoms with Gasteiger partial charge < -0.3 is 0 Å². The van der Waals surface area contributed by atoms with E-state index in [0.717, 1.165) is 17.7 Å². The summed E-state index contributed by atoms with van der Waals surface area (Å²) in [7, 11) is 0. The molecule has 0 fully saturated rings. The molecule has 0 aliphatic heterocycles. The van der Waals surface area contributed by atoms with E-state index in [1.807, 2.05) is 16.8 Å². The first kappa shape index (κ1) is 13.4. The van der Waals surface area contributed by atoms with E-state index in [1.165, 1.54) is 11.1 Å². The van der Waals surface area contributed by atoms with Crippen molar-refractivity contribution in [1.82, 2.24) is 9.78 Å². The van der Waals surface area contributed by atoms with E-state index in [1.54, 1.807) is 0 Å². The number of aryl methyl sites for hydroxylation is 2. The molecular weight excluding hydrogens is 267 g/mol. The standard InChI is InChI=1S/C14H16Cl2N2/c1-3-13-12(8-15)14(16)18(17-13)9-11-7-5-4-6-10(11)2/h4-7H,3,8-9H2,1-2H3. The molecule has 0 saturated carbocycles. The average molecular weight is 283 g/mol. The van der Waals surface area contributed by atoms with Crippen molar-refractivity contribution >= 4 is 23.2 Å². The lowest BCUT2D eigenvalue weighted by atomic mass is 10.1. The zero-order valence-corrected chi connectivity index (χ0v) is 12.1. The molecule has 0 aliphatic rings. The molecule has 0 bridgehead atoms. The van der Waals surface area contributed by atoms with Crippen molar-refractivity contribution in [2.45, 2.75) is 32.7 Å². The van der Waals surface area contributed by atoms with Gasteiger partial charge in [-0.1, -0.05) is 42.8 Å². The molecule has 2 nitrogen and oxygen atoms in total. The maximum absolute atomic E-state index is 6.33. The predicted molar refractivity (Wildman–Crippen MR) is 76.5 cm³/mol. The number of hydrogen-bond donors (Lipinski definition) is 0. The number of nitrogens with zero attached hydrogens (tertiary/aromatic N) is 2. The lowest BCUT2D eigenvalue weighted by Crippen LogP contribution is -2.03. The van der Waals surface area contributed by atoms with Gasteiger partial charge in [-0.3, -0.25) is 0 Å². The summed E-state index contributed by atoms with van der Waals surface area (Å²) in [6, 6.07) is 8.25. The van der Waals surface area contributed by atoms with E-state index in [4.69, 9.17) is 23.2 Å². The predicted octanol–water partition coefficient (Wildman–Crippen LogP) is 4.19. The number of alkyl halides is 1. The van der Waals surface area contributed by atoms with E-state index in [-0.39, 0.29) is 0 Å². The van der Waals surface area contributed by atoms with E-state index < -0.39 is 0 Å². The Morgan fingerprint density at radius 2 is 2.00 bits per heavy atom. The van der Waals surface area contributed by atoms with Crippen LogP contribution in [0, 0.1) is 6.92 Å². The van der Waals surface area contributed by atoms with Gasteiger partial charge in [0.1, 0.15) is 5.15 Å². The van der Waals surface area contributed by atoms with Crippen LogP contribution in [0.3, 0.4) is 0 Å². The van der Waals surface area contributed by atoms with Crippen molar-refractivity contribution < 1.29 is 0 Å². The van der Waals surface area contributed by atoms with Gasteiger partial charge in [0.2, 0.25) is 0 Å². The number of halogens is 2. The summed E-state index contributed by atoms with van der Waals surface area (Å²) >= 11 is 12.3. The van der Waals surface area contributed by atoms with Crippen molar-refractivity contribution in [3.05, 3.63) is 51.8 Å². The van der Waals surface area contributed by atoms with Crippen LogP contribution in [0.15, 0.2) is 24.3 Å². The highest BCUT2D eigenvalue weighted by atomic mass is 35.5. The monoisotopic (exact) mass is 282 g/mol. The van der Waals surface area contributed by atoms with Gasteiger partial charge in [-0.25, -0.2) is 4.68 Å². The molecule has 2 rings (SSSR count). The van der Waals surface area contributed by atoms with Gasteiger partial charge in [-0.15, -0.1) is 11.6 Å². The second-order valence-electron chi connectivity index (χ2n) is 4.29. The smallest absolute Gasteiger partial charge is 0.132 e.